The van der Waals surface area contributed by atoms with Gasteiger partial charge >= 0.3 is 0 Å². The molecule has 0 radical (unpaired) electrons. The van der Waals surface area contributed by atoms with Crippen LogP contribution in [0.25, 0.3) is 11.5 Å². The minimum Gasteiger partial charge on any atom is -0.506 e. The van der Waals surface area contributed by atoms with Gasteiger partial charge in [-0.2, -0.15) is 4.98 Å². The molecular formula is C12H15N3O3. The first-order chi connectivity index (χ1) is 8.44. The number of aromatic hydroxyl groups is 1. The first kappa shape index (κ1) is 12.4. The predicted molar refractivity (Wildman–Crippen MR) is 65.8 cm³/mol. The predicted octanol–water partition coefficient (Wildman–Crippen LogP) is 1.91. The molecule has 0 bridgehead atoms. The zero-order valence-corrected chi connectivity index (χ0v) is 10.5. The van der Waals surface area contributed by atoms with Crippen molar-refractivity contribution in [2.24, 2.45) is 0 Å². The average Bonchev–Trinajstić information content (AvgIpc) is 2.83. The topological polar surface area (TPSA) is 94.4 Å². The maximum Gasteiger partial charge on any atom is 0.258 e. The Kier molecular flexibility index (Phi) is 2.96. The maximum atomic E-state index is 9.53. The molecule has 0 aliphatic rings. The van der Waals surface area contributed by atoms with E-state index < -0.39 is 5.60 Å². The van der Waals surface area contributed by atoms with Crippen molar-refractivity contribution in [2.75, 3.05) is 12.8 Å². The Morgan fingerprint density at radius 3 is 2.72 bits per heavy atom. The molecular weight excluding hydrogens is 234 g/mol. The highest BCUT2D eigenvalue weighted by Crippen LogP contribution is 2.28. The molecule has 3 N–H and O–H groups in total. The van der Waals surface area contributed by atoms with Crippen molar-refractivity contribution in [3.63, 3.8) is 0 Å². The summed E-state index contributed by atoms with van der Waals surface area (Å²) in [6.07, 6.45) is 0. The third kappa shape index (κ3) is 2.14. The third-order valence-corrected chi connectivity index (χ3v) is 2.75. The van der Waals surface area contributed by atoms with Crippen LogP contribution in [0.4, 0.5) is 5.69 Å². The normalized spacial score (nSPS) is 11.7. The fourth-order valence-electron chi connectivity index (χ4n) is 1.35. The lowest BCUT2D eigenvalue weighted by Crippen LogP contribution is -2.21. The minimum absolute atomic E-state index is 0.0155. The number of benzene rings is 1. The summed E-state index contributed by atoms with van der Waals surface area (Å²) in [7, 11) is 1.57. The van der Waals surface area contributed by atoms with Crippen molar-refractivity contribution in [3.8, 4) is 17.2 Å². The molecule has 96 valence electrons. The van der Waals surface area contributed by atoms with Crippen LogP contribution in [0.5, 0.6) is 5.75 Å². The van der Waals surface area contributed by atoms with Crippen molar-refractivity contribution in [1.82, 2.24) is 10.1 Å². The molecule has 2 rings (SSSR count). The second-order valence-electron chi connectivity index (χ2n) is 4.41. The van der Waals surface area contributed by atoms with Crippen LogP contribution in [0.3, 0.4) is 0 Å². The molecule has 0 atom stereocenters. The summed E-state index contributed by atoms with van der Waals surface area (Å²) in [4.78, 5) is 4.24. The van der Waals surface area contributed by atoms with Crippen molar-refractivity contribution in [2.45, 2.75) is 19.4 Å². The van der Waals surface area contributed by atoms with Gasteiger partial charge in [0.2, 0.25) is 5.82 Å². The van der Waals surface area contributed by atoms with Gasteiger partial charge < -0.3 is 20.1 Å². The smallest absolute Gasteiger partial charge is 0.258 e. The monoisotopic (exact) mass is 249 g/mol. The van der Waals surface area contributed by atoms with Gasteiger partial charge in [-0.1, -0.05) is 5.16 Å². The molecule has 0 saturated heterocycles. The Bertz CT molecular complexity index is 563. The molecule has 0 aliphatic carbocycles. The van der Waals surface area contributed by atoms with Crippen LogP contribution < -0.4 is 5.73 Å². The van der Waals surface area contributed by atoms with Crippen LogP contribution in [0, 0.1) is 0 Å². The molecule has 6 nitrogen and oxygen atoms in total. The largest absolute Gasteiger partial charge is 0.506 e. The SMILES string of the molecule is COC(C)(C)c1noc(-c2ccc(N)c(O)c2)n1. The van der Waals surface area contributed by atoms with E-state index in [0.717, 1.165) is 0 Å². The summed E-state index contributed by atoms with van der Waals surface area (Å²) in [5.41, 5.74) is 5.80. The summed E-state index contributed by atoms with van der Waals surface area (Å²) < 4.78 is 10.4. The molecule has 2 aromatic rings. The zero-order chi connectivity index (χ0) is 13.3. The second-order valence-corrected chi connectivity index (χ2v) is 4.41. The van der Waals surface area contributed by atoms with Crippen LogP contribution in [0.2, 0.25) is 0 Å². The van der Waals surface area contributed by atoms with Crippen LogP contribution in [0.15, 0.2) is 22.7 Å². The number of rotatable bonds is 3. The summed E-state index contributed by atoms with van der Waals surface area (Å²) >= 11 is 0. The molecule has 0 aliphatic heterocycles. The van der Waals surface area contributed by atoms with Gasteiger partial charge in [-0.05, 0) is 32.0 Å². The highest BCUT2D eigenvalue weighted by Gasteiger charge is 2.26. The lowest BCUT2D eigenvalue weighted by Gasteiger charge is -2.17. The number of nitrogens with zero attached hydrogens (tertiary/aromatic N) is 2. The molecule has 0 fully saturated rings. The molecule has 1 heterocycles. The van der Waals surface area contributed by atoms with Gasteiger partial charge in [0, 0.05) is 12.7 Å². The maximum absolute atomic E-state index is 9.53. The highest BCUT2D eigenvalue weighted by atomic mass is 16.5. The number of methoxy groups -OCH3 is 1. The highest BCUT2D eigenvalue weighted by molar-refractivity contribution is 5.63. The van der Waals surface area contributed by atoms with Gasteiger partial charge in [-0.25, -0.2) is 0 Å². The Morgan fingerprint density at radius 1 is 1.39 bits per heavy atom. The van der Waals surface area contributed by atoms with E-state index in [1.54, 1.807) is 19.2 Å². The van der Waals surface area contributed by atoms with Crippen molar-refractivity contribution in [1.29, 1.82) is 0 Å². The van der Waals surface area contributed by atoms with Gasteiger partial charge in [0.1, 0.15) is 11.4 Å². The molecule has 6 heteroatoms. The van der Waals surface area contributed by atoms with E-state index in [-0.39, 0.29) is 5.75 Å². The van der Waals surface area contributed by atoms with Crippen molar-refractivity contribution < 1.29 is 14.4 Å². The number of anilines is 1. The lowest BCUT2D eigenvalue weighted by atomic mass is 10.1. The number of hydrogen-bond donors (Lipinski definition) is 2. The van der Waals surface area contributed by atoms with Gasteiger partial charge in [-0.15, -0.1) is 0 Å². The Labute approximate surface area is 104 Å². The number of phenolic OH excluding ortho intramolecular Hbond substituents is 1. The first-order valence-electron chi connectivity index (χ1n) is 5.42. The van der Waals surface area contributed by atoms with E-state index in [4.69, 9.17) is 15.0 Å². The molecule has 1 aromatic carbocycles. The molecule has 18 heavy (non-hydrogen) atoms. The number of nitrogens with two attached hydrogens (primary N) is 1. The van der Waals surface area contributed by atoms with E-state index in [1.165, 1.54) is 6.07 Å². The van der Waals surface area contributed by atoms with E-state index >= 15 is 0 Å². The van der Waals surface area contributed by atoms with E-state index in [0.29, 0.717) is 23.0 Å². The summed E-state index contributed by atoms with van der Waals surface area (Å²) in [6, 6.07) is 4.76. The van der Waals surface area contributed by atoms with Gasteiger partial charge in [0.05, 0.1) is 5.69 Å². The average molecular weight is 249 g/mol. The molecule has 0 saturated carbocycles. The van der Waals surface area contributed by atoms with Crippen LogP contribution in [0.1, 0.15) is 19.7 Å². The third-order valence-electron chi connectivity index (χ3n) is 2.75. The molecule has 0 spiro atoms. The quantitative estimate of drug-likeness (QED) is 0.637. The second kappa shape index (κ2) is 4.30. The van der Waals surface area contributed by atoms with Crippen molar-refractivity contribution in [3.05, 3.63) is 24.0 Å². The Morgan fingerprint density at radius 2 is 2.11 bits per heavy atom. The molecule has 0 unspecified atom stereocenters. The standard InChI is InChI=1S/C12H15N3O3/c1-12(2,17-3)11-14-10(18-15-11)7-4-5-8(13)9(16)6-7/h4-6,16H,13H2,1-3H3. The first-order valence-corrected chi connectivity index (χ1v) is 5.42. The van der Waals surface area contributed by atoms with Crippen LogP contribution >= 0.6 is 0 Å². The molecule has 1 aromatic heterocycles. The number of phenols is 1. The summed E-state index contributed by atoms with van der Waals surface area (Å²) in [6.45, 7) is 3.67. The number of hydrogen-bond acceptors (Lipinski definition) is 6. The Hall–Kier alpha value is -2.08. The number of ether oxygens (including phenoxy) is 1. The summed E-state index contributed by atoms with van der Waals surface area (Å²) in [5, 5.41) is 13.4. The number of aromatic nitrogens is 2. The van der Waals surface area contributed by atoms with E-state index in [1.807, 2.05) is 13.8 Å². The van der Waals surface area contributed by atoms with Gasteiger partial charge in [-0.3, -0.25) is 0 Å². The molecule has 0 amide bonds. The van der Waals surface area contributed by atoms with Crippen LogP contribution in [-0.2, 0) is 10.3 Å². The van der Waals surface area contributed by atoms with E-state index in [9.17, 15) is 5.11 Å². The van der Waals surface area contributed by atoms with Crippen LogP contribution in [-0.4, -0.2) is 22.4 Å². The van der Waals surface area contributed by atoms with E-state index in [2.05, 4.69) is 10.1 Å². The minimum atomic E-state index is -0.627. The fraction of sp³-hybridized carbons (Fsp3) is 0.333. The lowest BCUT2D eigenvalue weighted by molar-refractivity contribution is 0.00973. The fourth-order valence-corrected chi connectivity index (χ4v) is 1.35. The van der Waals surface area contributed by atoms with Gasteiger partial charge in [0.15, 0.2) is 0 Å². The Balaban J connectivity index is 2.38. The zero-order valence-electron chi connectivity index (χ0n) is 10.5. The van der Waals surface area contributed by atoms with Crippen molar-refractivity contribution >= 4 is 5.69 Å². The summed E-state index contributed by atoms with van der Waals surface area (Å²) in [5.74, 6) is 0.736. The van der Waals surface area contributed by atoms with Gasteiger partial charge in [0.25, 0.3) is 5.89 Å². The number of nitrogen functional groups attached to an aromatic ring is 1.